The largest absolute Gasteiger partial charge is 0.315 e. The topological polar surface area (TPSA) is 41.9 Å². The van der Waals surface area contributed by atoms with Crippen LogP contribution < -0.4 is 10.6 Å². The Morgan fingerprint density at radius 1 is 1.33 bits per heavy atom. The lowest BCUT2D eigenvalue weighted by atomic mass is 10.1. The van der Waals surface area contributed by atoms with Gasteiger partial charge in [0, 0.05) is 18.7 Å². The molecular weight excluding hydrogens is 256 g/mol. The third kappa shape index (κ3) is 1.62. The molecule has 0 aromatic carbocycles. The Labute approximate surface area is 97.5 Å². The Kier molecular flexibility index (Phi) is 2.54. The molecule has 82 valence electrons. The van der Waals surface area contributed by atoms with Crippen molar-refractivity contribution < 1.29 is 0 Å². The first-order valence-corrected chi connectivity index (χ1v) is 6.33. The molecule has 1 unspecified atom stereocenters. The van der Waals surface area contributed by atoms with Gasteiger partial charge >= 0.3 is 0 Å². The average molecular weight is 271 g/mol. The van der Waals surface area contributed by atoms with E-state index in [0.29, 0.717) is 6.04 Å². The third-order valence-corrected chi connectivity index (χ3v) is 3.93. The Morgan fingerprint density at radius 3 is 3.07 bits per heavy atom. The monoisotopic (exact) mass is 270 g/mol. The smallest absolute Gasteiger partial charge is 0.131 e. The standard InChI is InChI=1S/C10H15BrN4/c11-10-8-2-4-13-6-9(8)15(14-10)7-1-3-12-5-7/h7,12-13H,1-6H2. The minimum atomic E-state index is 0.546. The predicted octanol–water partition coefficient (Wildman–Crippen LogP) is 0.826. The summed E-state index contributed by atoms with van der Waals surface area (Å²) >= 11 is 3.57. The molecule has 1 atom stereocenters. The van der Waals surface area contributed by atoms with Crippen molar-refractivity contribution in [2.75, 3.05) is 19.6 Å². The van der Waals surface area contributed by atoms with Gasteiger partial charge in [0.15, 0.2) is 0 Å². The molecule has 4 nitrogen and oxygen atoms in total. The SMILES string of the molecule is Brc1nn(C2CCNC2)c2c1CCNC2. The van der Waals surface area contributed by atoms with Crippen LogP contribution in [0.4, 0.5) is 0 Å². The van der Waals surface area contributed by atoms with Gasteiger partial charge in [0.2, 0.25) is 0 Å². The van der Waals surface area contributed by atoms with E-state index in [1.165, 1.54) is 17.7 Å². The van der Waals surface area contributed by atoms with Crippen LogP contribution in [0.15, 0.2) is 4.60 Å². The maximum absolute atomic E-state index is 4.63. The van der Waals surface area contributed by atoms with E-state index >= 15 is 0 Å². The van der Waals surface area contributed by atoms with Crippen molar-refractivity contribution in [3.05, 3.63) is 15.9 Å². The summed E-state index contributed by atoms with van der Waals surface area (Å²) in [6.07, 6.45) is 2.29. The van der Waals surface area contributed by atoms with Gasteiger partial charge in [-0.25, -0.2) is 0 Å². The lowest BCUT2D eigenvalue weighted by Crippen LogP contribution is -2.27. The summed E-state index contributed by atoms with van der Waals surface area (Å²) in [5.41, 5.74) is 2.78. The first-order chi connectivity index (χ1) is 7.36. The van der Waals surface area contributed by atoms with Gasteiger partial charge in [0.05, 0.1) is 11.7 Å². The summed E-state index contributed by atoms with van der Waals surface area (Å²) in [7, 11) is 0. The molecule has 2 aliphatic heterocycles. The van der Waals surface area contributed by atoms with Crippen molar-refractivity contribution in [2.45, 2.75) is 25.4 Å². The zero-order valence-electron chi connectivity index (χ0n) is 8.59. The molecule has 0 aliphatic carbocycles. The van der Waals surface area contributed by atoms with Crippen molar-refractivity contribution >= 4 is 15.9 Å². The van der Waals surface area contributed by atoms with E-state index in [2.05, 4.69) is 36.3 Å². The van der Waals surface area contributed by atoms with Gasteiger partial charge in [-0.2, -0.15) is 5.10 Å². The Hall–Kier alpha value is -0.390. The lowest BCUT2D eigenvalue weighted by molar-refractivity contribution is 0.455. The molecule has 2 aliphatic rings. The third-order valence-electron chi connectivity index (χ3n) is 3.29. The van der Waals surface area contributed by atoms with Gasteiger partial charge in [-0.05, 0) is 41.9 Å². The van der Waals surface area contributed by atoms with Crippen molar-refractivity contribution in [1.82, 2.24) is 20.4 Å². The number of nitrogens with one attached hydrogen (secondary N) is 2. The van der Waals surface area contributed by atoms with Gasteiger partial charge in [0.1, 0.15) is 4.60 Å². The summed E-state index contributed by atoms with van der Waals surface area (Å²) < 4.78 is 3.26. The highest BCUT2D eigenvalue weighted by atomic mass is 79.9. The first kappa shape index (κ1) is 9.81. The summed E-state index contributed by atoms with van der Waals surface area (Å²) in [5.74, 6) is 0. The second-order valence-corrected chi connectivity index (χ2v) is 4.99. The minimum absolute atomic E-state index is 0.546. The number of halogens is 1. The molecule has 0 amide bonds. The molecule has 1 aromatic heterocycles. The van der Waals surface area contributed by atoms with Crippen molar-refractivity contribution in [2.24, 2.45) is 0 Å². The molecule has 15 heavy (non-hydrogen) atoms. The molecular formula is C10H15BrN4. The second kappa shape index (κ2) is 3.88. The maximum atomic E-state index is 4.63. The molecule has 5 heteroatoms. The summed E-state index contributed by atoms with van der Waals surface area (Å²) in [6.45, 7) is 4.20. The Morgan fingerprint density at radius 2 is 2.27 bits per heavy atom. The van der Waals surface area contributed by atoms with E-state index < -0.39 is 0 Å². The van der Waals surface area contributed by atoms with Crippen LogP contribution in [0.2, 0.25) is 0 Å². The fraction of sp³-hybridized carbons (Fsp3) is 0.700. The van der Waals surface area contributed by atoms with Gasteiger partial charge in [-0.1, -0.05) is 0 Å². The van der Waals surface area contributed by atoms with E-state index in [4.69, 9.17) is 0 Å². The van der Waals surface area contributed by atoms with Crippen molar-refractivity contribution in [1.29, 1.82) is 0 Å². The maximum Gasteiger partial charge on any atom is 0.131 e. The van der Waals surface area contributed by atoms with Crippen LogP contribution >= 0.6 is 15.9 Å². The summed E-state index contributed by atoms with van der Waals surface area (Å²) in [6, 6.07) is 0.546. The lowest BCUT2D eigenvalue weighted by Gasteiger charge is -2.18. The van der Waals surface area contributed by atoms with Crippen LogP contribution in [0.1, 0.15) is 23.7 Å². The number of nitrogens with zero attached hydrogens (tertiary/aromatic N) is 2. The van der Waals surface area contributed by atoms with Gasteiger partial charge in [0.25, 0.3) is 0 Å². The van der Waals surface area contributed by atoms with E-state index in [-0.39, 0.29) is 0 Å². The van der Waals surface area contributed by atoms with Crippen molar-refractivity contribution in [3.63, 3.8) is 0 Å². The molecule has 0 saturated carbocycles. The minimum Gasteiger partial charge on any atom is -0.315 e. The fourth-order valence-electron chi connectivity index (χ4n) is 2.48. The summed E-state index contributed by atoms with van der Waals surface area (Å²) in [5, 5.41) is 11.4. The second-order valence-electron chi connectivity index (χ2n) is 4.23. The zero-order chi connectivity index (χ0) is 10.3. The van der Waals surface area contributed by atoms with Gasteiger partial charge < -0.3 is 10.6 Å². The van der Waals surface area contributed by atoms with Gasteiger partial charge in [-0.15, -0.1) is 0 Å². The number of hydrogen-bond donors (Lipinski definition) is 2. The highest BCUT2D eigenvalue weighted by molar-refractivity contribution is 9.10. The van der Waals surface area contributed by atoms with Crippen LogP contribution in [-0.4, -0.2) is 29.4 Å². The Balaban J connectivity index is 1.99. The molecule has 1 aromatic rings. The number of fused-ring (bicyclic) bond motifs is 1. The molecule has 2 N–H and O–H groups in total. The zero-order valence-corrected chi connectivity index (χ0v) is 10.2. The van der Waals surface area contributed by atoms with Crippen LogP contribution in [-0.2, 0) is 13.0 Å². The highest BCUT2D eigenvalue weighted by Gasteiger charge is 2.25. The molecule has 3 rings (SSSR count). The molecule has 0 bridgehead atoms. The fourth-order valence-corrected chi connectivity index (χ4v) is 3.08. The first-order valence-electron chi connectivity index (χ1n) is 5.53. The number of aromatic nitrogens is 2. The van der Waals surface area contributed by atoms with E-state index in [0.717, 1.165) is 37.2 Å². The van der Waals surface area contributed by atoms with E-state index in [1.54, 1.807) is 0 Å². The highest BCUT2D eigenvalue weighted by Crippen LogP contribution is 2.27. The normalized spacial score (nSPS) is 25.5. The van der Waals surface area contributed by atoms with Crippen LogP contribution in [0.25, 0.3) is 0 Å². The Bertz CT molecular complexity index is 368. The van der Waals surface area contributed by atoms with E-state index in [1.807, 2.05) is 0 Å². The number of rotatable bonds is 1. The average Bonchev–Trinajstić information content (AvgIpc) is 2.87. The van der Waals surface area contributed by atoms with Crippen LogP contribution in [0.3, 0.4) is 0 Å². The summed E-state index contributed by atoms with van der Waals surface area (Å²) in [4.78, 5) is 0. The molecule has 1 fully saturated rings. The molecule has 0 spiro atoms. The predicted molar refractivity (Wildman–Crippen MR) is 61.9 cm³/mol. The van der Waals surface area contributed by atoms with E-state index in [9.17, 15) is 0 Å². The van der Waals surface area contributed by atoms with Crippen LogP contribution in [0, 0.1) is 0 Å². The molecule has 0 radical (unpaired) electrons. The molecule has 3 heterocycles. The van der Waals surface area contributed by atoms with Gasteiger partial charge in [-0.3, -0.25) is 4.68 Å². The quantitative estimate of drug-likeness (QED) is 0.795. The van der Waals surface area contributed by atoms with Crippen LogP contribution in [0.5, 0.6) is 0 Å². The molecule has 1 saturated heterocycles. The number of hydrogen-bond acceptors (Lipinski definition) is 3. The van der Waals surface area contributed by atoms with Crippen molar-refractivity contribution in [3.8, 4) is 0 Å².